The van der Waals surface area contributed by atoms with Crippen LogP contribution in [0.4, 0.5) is 5.82 Å². The molecule has 0 aliphatic carbocycles. The second kappa shape index (κ2) is 5.94. The second-order valence-corrected chi connectivity index (χ2v) is 8.89. The van der Waals surface area contributed by atoms with E-state index in [1.54, 1.807) is 4.68 Å². The Hall–Kier alpha value is -2.61. The number of aromatic nitrogens is 5. The summed E-state index contributed by atoms with van der Waals surface area (Å²) in [5.41, 5.74) is 1.98. The van der Waals surface area contributed by atoms with Gasteiger partial charge < -0.3 is 4.90 Å². The van der Waals surface area contributed by atoms with Gasteiger partial charge in [0.2, 0.25) is 5.66 Å². The lowest BCUT2D eigenvalue weighted by Crippen LogP contribution is -2.26. The van der Waals surface area contributed by atoms with Crippen LogP contribution >= 0.6 is 11.6 Å². The van der Waals surface area contributed by atoms with Crippen LogP contribution in [0.5, 0.6) is 0 Å². The Bertz CT molecular complexity index is 1090. The zero-order valence-electron chi connectivity index (χ0n) is 16.1. The Kier molecular flexibility index (Phi) is 3.71. The normalized spacial score (nSPS) is 17.8. The summed E-state index contributed by atoms with van der Waals surface area (Å²) in [6.07, 6.45) is 0.914. The topological polar surface area (TPSA) is 84.5 Å². The summed E-state index contributed by atoms with van der Waals surface area (Å²) in [6, 6.07) is 7.75. The average Bonchev–Trinajstić information content (AvgIpc) is 3.09. The van der Waals surface area contributed by atoms with Gasteiger partial charge in [-0.25, -0.2) is 14.6 Å². The van der Waals surface area contributed by atoms with Crippen LogP contribution < -0.4 is 4.90 Å². The summed E-state index contributed by atoms with van der Waals surface area (Å²) in [6.45, 7) is 8.41. The fraction of sp³-hybridized carbons (Fsp3) is 0.474. The highest BCUT2D eigenvalue weighted by Crippen LogP contribution is 2.40. The predicted molar refractivity (Wildman–Crippen MR) is 107 cm³/mol. The highest BCUT2D eigenvalue weighted by molar-refractivity contribution is 6.31. The lowest BCUT2D eigenvalue weighted by Gasteiger charge is -2.21. The van der Waals surface area contributed by atoms with E-state index in [9.17, 15) is 0 Å². The summed E-state index contributed by atoms with van der Waals surface area (Å²) < 4.78 is 1.80. The van der Waals surface area contributed by atoms with Gasteiger partial charge in [0.1, 0.15) is 5.82 Å². The zero-order chi connectivity index (χ0) is 19.5. The molecule has 1 saturated heterocycles. The zero-order valence-corrected chi connectivity index (χ0v) is 16.8. The van der Waals surface area contributed by atoms with Crippen molar-refractivity contribution in [3.05, 3.63) is 40.7 Å². The molecule has 0 unspecified atom stereocenters. The van der Waals surface area contributed by atoms with Crippen LogP contribution in [-0.4, -0.2) is 43.7 Å². The van der Waals surface area contributed by atoms with E-state index in [4.69, 9.17) is 21.6 Å². The molecule has 0 radical (unpaired) electrons. The van der Waals surface area contributed by atoms with E-state index in [0.29, 0.717) is 17.1 Å². The molecule has 2 aliphatic rings. The van der Waals surface area contributed by atoms with E-state index in [1.807, 2.05) is 24.3 Å². The van der Waals surface area contributed by atoms with E-state index >= 15 is 0 Å². The van der Waals surface area contributed by atoms with E-state index in [-0.39, 0.29) is 11.1 Å². The number of nitrogens with zero attached hydrogens (tertiary/aromatic N) is 8. The molecule has 144 valence electrons. The summed E-state index contributed by atoms with van der Waals surface area (Å²) in [7, 11) is 0. The molecule has 3 aromatic rings. The van der Waals surface area contributed by atoms with Crippen molar-refractivity contribution in [1.82, 2.24) is 25.0 Å². The summed E-state index contributed by atoms with van der Waals surface area (Å²) in [5, 5.41) is 17.9. The molecule has 0 amide bonds. The largest absolute Gasteiger partial charge is 0.350 e. The molecule has 1 spiro atoms. The lowest BCUT2D eigenvalue weighted by atomic mass is 9.96. The first-order valence-corrected chi connectivity index (χ1v) is 9.77. The smallest absolute Gasteiger partial charge is 0.209 e. The third-order valence-electron chi connectivity index (χ3n) is 5.20. The Morgan fingerprint density at radius 3 is 2.61 bits per heavy atom. The Balaban J connectivity index is 1.61. The molecule has 2 aliphatic heterocycles. The molecule has 0 bridgehead atoms. The third-order valence-corrected chi connectivity index (χ3v) is 5.57. The maximum absolute atomic E-state index is 6.35. The number of benzene rings is 1. The Morgan fingerprint density at radius 1 is 1.14 bits per heavy atom. The maximum Gasteiger partial charge on any atom is 0.209 e. The number of fused-ring (bicyclic) bond motifs is 1. The first kappa shape index (κ1) is 17.5. The number of hydrogen-bond acceptors (Lipinski definition) is 7. The molecule has 1 aromatic carbocycles. The lowest BCUT2D eigenvalue weighted by molar-refractivity contribution is 0.545. The predicted octanol–water partition coefficient (Wildman–Crippen LogP) is 3.59. The third kappa shape index (κ3) is 2.92. The second-order valence-electron chi connectivity index (χ2n) is 8.49. The summed E-state index contributed by atoms with van der Waals surface area (Å²) in [5.74, 6) is 1.58. The summed E-state index contributed by atoms with van der Waals surface area (Å²) in [4.78, 5) is 11.9. The van der Waals surface area contributed by atoms with Gasteiger partial charge in [-0.05, 0) is 11.6 Å². The van der Waals surface area contributed by atoms with Gasteiger partial charge in [-0.1, -0.05) is 55.8 Å². The molecule has 5 rings (SSSR count). The van der Waals surface area contributed by atoms with Gasteiger partial charge in [0, 0.05) is 23.4 Å². The highest BCUT2D eigenvalue weighted by atomic mass is 35.5. The minimum absolute atomic E-state index is 0.200. The maximum atomic E-state index is 6.35. The van der Waals surface area contributed by atoms with Gasteiger partial charge in [-0.15, -0.1) is 5.10 Å². The number of hydrogen-bond donors (Lipinski definition) is 0. The molecule has 0 atom stereocenters. The van der Waals surface area contributed by atoms with Crippen LogP contribution in [-0.2, 0) is 12.0 Å². The van der Waals surface area contributed by atoms with Crippen molar-refractivity contribution >= 4 is 28.6 Å². The van der Waals surface area contributed by atoms with Crippen molar-refractivity contribution < 1.29 is 0 Å². The number of halogens is 1. The van der Waals surface area contributed by atoms with Crippen LogP contribution in [0.1, 0.15) is 38.6 Å². The molecule has 9 heteroatoms. The van der Waals surface area contributed by atoms with Crippen LogP contribution in [0.3, 0.4) is 0 Å². The van der Waals surface area contributed by atoms with E-state index < -0.39 is 0 Å². The van der Waals surface area contributed by atoms with Crippen LogP contribution in [0.15, 0.2) is 34.5 Å². The minimum atomic E-state index is -0.229. The van der Waals surface area contributed by atoms with Gasteiger partial charge in [-0.3, -0.25) is 0 Å². The molecule has 28 heavy (non-hydrogen) atoms. The number of anilines is 1. The van der Waals surface area contributed by atoms with Crippen LogP contribution in [0.25, 0.3) is 11.2 Å². The fourth-order valence-corrected chi connectivity index (χ4v) is 3.68. The summed E-state index contributed by atoms with van der Waals surface area (Å²) >= 11 is 6.35. The minimum Gasteiger partial charge on any atom is -0.350 e. The van der Waals surface area contributed by atoms with Gasteiger partial charge in [0.15, 0.2) is 17.0 Å². The van der Waals surface area contributed by atoms with Gasteiger partial charge >= 0.3 is 0 Å². The van der Waals surface area contributed by atoms with Gasteiger partial charge in [-0.2, -0.15) is 10.2 Å². The SMILES string of the molecule is CC(C)(C)c1nc(N2CCC3(C2)N=N3)c2nnn(Cc3ccccc3Cl)c2n1. The van der Waals surface area contributed by atoms with Crippen molar-refractivity contribution in [1.29, 1.82) is 0 Å². The van der Waals surface area contributed by atoms with Gasteiger partial charge in [0.05, 0.1) is 13.1 Å². The molecule has 0 N–H and O–H groups in total. The average molecular weight is 397 g/mol. The molecule has 8 nitrogen and oxygen atoms in total. The molecular formula is C19H21ClN8. The fourth-order valence-electron chi connectivity index (χ4n) is 3.48. The number of rotatable bonds is 3. The van der Waals surface area contributed by atoms with Crippen molar-refractivity contribution in [2.75, 3.05) is 18.0 Å². The standard InChI is InChI=1S/C19H21ClN8/c1-18(2,3)17-21-15(27-9-8-19(11-27)24-25-19)14-16(22-17)28(26-23-14)10-12-6-4-5-7-13(12)20/h4-7H,8-11H2,1-3H3. The first-order valence-electron chi connectivity index (χ1n) is 9.39. The van der Waals surface area contributed by atoms with Crippen molar-refractivity contribution in [2.45, 2.75) is 44.8 Å². The molecular weight excluding hydrogens is 376 g/mol. The van der Waals surface area contributed by atoms with E-state index in [0.717, 1.165) is 42.4 Å². The van der Waals surface area contributed by atoms with Crippen molar-refractivity contribution in [2.24, 2.45) is 10.2 Å². The molecule has 2 aromatic heterocycles. The first-order chi connectivity index (χ1) is 13.3. The Morgan fingerprint density at radius 2 is 1.93 bits per heavy atom. The quantitative estimate of drug-likeness (QED) is 0.675. The van der Waals surface area contributed by atoms with Crippen LogP contribution in [0, 0.1) is 0 Å². The van der Waals surface area contributed by atoms with E-state index in [1.165, 1.54) is 0 Å². The monoisotopic (exact) mass is 396 g/mol. The molecule has 1 fully saturated rings. The molecule has 0 saturated carbocycles. The molecule has 4 heterocycles. The van der Waals surface area contributed by atoms with E-state index in [2.05, 4.69) is 46.2 Å². The van der Waals surface area contributed by atoms with Crippen molar-refractivity contribution in [3.63, 3.8) is 0 Å². The highest BCUT2D eigenvalue weighted by Gasteiger charge is 2.47. The van der Waals surface area contributed by atoms with Gasteiger partial charge in [0.25, 0.3) is 0 Å². The Labute approximate surface area is 167 Å². The van der Waals surface area contributed by atoms with Crippen molar-refractivity contribution in [3.8, 4) is 0 Å². The van der Waals surface area contributed by atoms with Crippen LogP contribution in [0.2, 0.25) is 5.02 Å².